The van der Waals surface area contributed by atoms with E-state index in [1.165, 1.54) is 4.88 Å². The summed E-state index contributed by atoms with van der Waals surface area (Å²) in [4.78, 5) is 16.9. The Morgan fingerprint density at radius 1 is 0.894 bits per heavy atom. The van der Waals surface area contributed by atoms with Gasteiger partial charge >= 0.3 is 0 Å². The van der Waals surface area contributed by atoms with Crippen molar-refractivity contribution in [3.05, 3.63) is 124 Å². The lowest BCUT2D eigenvalue weighted by Crippen LogP contribution is -2.35. The highest BCUT2D eigenvalue weighted by molar-refractivity contribution is 7.15. The molecule has 2 N–H and O–H groups in total. The molecule has 0 unspecified atom stereocenters. The molecule has 1 aliphatic heterocycles. The van der Waals surface area contributed by atoms with Gasteiger partial charge in [-0.2, -0.15) is 0 Å². The molecular weight excluding hydrogens is 611 g/mol. The smallest absolute Gasteiger partial charge is 0.271 e. The minimum absolute atomic E-state index is 0.160. The average Bonchev–Trinajstić information content (AvgIpc) is 3.74. The highest BCUT2D eigenvalue weighted by Crippen LogP contribution is 2.38. The van der Waals surface area contributed by atoms with E-state index in [0.29, 0.717) is 37.4 Å². The van der Waals surface area contributed by atoms with Gasteiger partial charge in [0, 0.05) is 41.9 Å². The lowest BCUT2D eigenvalue weighted by atomic mass is 9.96. The Labute approximate surface area is 280 Å². The Hall–Kier alpha value is -4.44. The molecule has 1 saturated heterocycles. The van der Waals surface area contributed by atoms with Gasteiger partial charge in [0.15, 0.2) is 5.69 Å². The van der Waals surface area contributed by atoms with Crippen molar-refractivity contribution in [1.82, 2.24) is 10.1 Å². The van der Waals surface area contributed by atoms with Crippen molar-refractivity contribution in [3.8, 4) is 21.9 Å². The van der Waals surface area contributed by atoms with Crippen LogP contribution in [0, 0.1) is 0 Å². The summed E-state index contributed by atoms with van der Waals surface area (Å²) in [5.74, 6) is 1.80. The third-order valence-electron chi connectivity index (χ3n) is 8.30. The minimum atomic E-state index is -0.605. The zero-order chi connectivity index (χ0) is 32.6. The Morgan fingerprint density at radius 2 is 1.55 bits per heavy atom. The summed E-state index contributed by atoms with van der Waals surface area (Å²) < 4.78 is 24.2. The van der Waals surface area contributed by atoms with E-state index in [0.717, 1.165) is 71.5 Å². The summed E-state index contributed by atoms with van der Waals surface area (Å²) in [6, 6.07) is 28.6. The van der Waals surface area contributed by atoms with Gasteiger partial charge in [-0.25, -0.2) is 0 Å². The molecule has 0 atom stereocenters. The summed E-state index contributed by atoms with van der Waals surface area (Å²) in [5.41, 5.74) is 10.9. The van der Waals surface area contributed by atoms with Crippen molar-refractivity contribution in [1.29, 1.82) is 0 Å². The summed E-state index contributed by atoms with van der Waals surface area (Å²) in [6.07, 6.45) is 1.12. The van der Waals surface area contributed by atoms with Gasteiger partial charge in [0.25, 0.3) is 5.91 Å². The Morgan fingerprint density at radius 3 is 2.19 bits per heavy atom. The Kier molecular flexibility index (Phi) is 10.7. The fourth-order valence-corrected chi connectivity index (χ4v) is 6.86. The topological polar surface area (TPSA) is 100 Å². The average molecular weight is 652 g/mol. The van der Waals surface area contributed by atoms with Crippen molar-refractivity contribution >= 4 is 17.2 Å². The van der Waals surface area contributed by atoms with Crippen LogP contribution in [0.4, 0.5) is 0 Å². The van der Waals surface area contributed by atoms with E-state index >= 15 is 0 Å². The van der Waals surface area contributed by atoms with Crippen LogP contribution in [0.1, 0.15) is 63.1 Å². The molecule has 9 heteroatoms. The van der Waals surface area contributed by atoms with Gasteiger partial charge in [-0.3, -0.25) is 9.69 Å². The number of hydrogen-bond donors (Lipinski definition) is 1. The predicted molar refractivity (Wildman–Crippen MR) is 184 cm³/mol. The normalized spacial score (nSPS) is 13.6. The molecule has 8 nitrogen and oxygen atoms in total. The molecule has 1 fully saturated rings. The highest BCUT2D eigenvalue weighted by Gasteiger charge is 2.24. The van der Waals surface area contributed by atoms with Gasteiger partial charge in [0.2, 0.25) is 0 Å². The molecule has 0 saturated carbocycles. The molecule has 47 heavy (non-hydrogen) atoms. The van der Waals surface area contributed by atoms with E-state index in [-0.39, 0.29) is 11.6 Å². The fourth-order valence-electron chi connectivity index (χ4n) is 5.74. The quantitative estimate of drug-likeness (QED) is 0.134. The highest BCUT2D eigenvalue weighted by atomic mass is 32.1. The van der Waals surface area contributed by atoms with Crippen molar-refractivity contribution in [3.63, 3.8) is 0 Å². The summed E-state index contributed by atoms with van der Waals surface area (Å²) in [5, 5.41) is 4.12. The van der Waals surface area contributed by atoms with Crippen LogP contribution in [-0.2, 0) is 37.3 Å². The first-order valence-corrected chi connectivity index (χ1v) is 16.9. The summed E-state index contributed by atoms with van der Waals surface area (Å²) >= 11 is 1.64. The largest absolute Gasteiger partial charge is 0.488 e. The second-order valence-electron chi connectivity index (χ2n) is 12.0. The number of benzene rings is 3. The molecule has 0 aliphatic carbocycles. The number of nitrogens with two attached hydrogens (primary N) is 1. The second kappa shape index (κ2) is 15.4. The van der Waals surface area contributed by atoms with E-state index in [9.17, 15) is 4.79 Å². The first-order chi connectivity index (χ1) is 22.9. The number of hydrogen-bond acceptors (Lipinski definition) is 8. The molecule has 0 bridgehead atoms. The third kappa shape index (κ3) is 8.29. The van der Waals surface area contributed by atoms with Crippen LogP contribution < -0.4 is 15.2 Å². The van der Waals surface area contributed by atoms with Crippen molar-refractivity contribution in [2.45, 2.75) is 52.4 Å². The first-order valence-electron chi connectivity index (χ1n) is 16.1. The zero-order valence-corrected chi connectivity index (χ0v) is 27.8. The van der Waals surface area contributed by atoms with Gasteiger partial charge in [-0.05, 0) is 52.8 Å². The number of aryl methyl sites for hydroxylation is 2. The summed E-state index contributed by atoms with van der Waals surface area (Å²) in [6.45, 7) is 9.35. The Bertz CT molecular complexity index is 1760. The number of aromatic nitrogens is 1. The third-order valence-corrected chi connectivity index (χ3v) is 9.39. The zero-order valence-electron chi connectivity index (χ0n) is 26.9. The molecular formula is C38H41N3O5S. The predicted octanol–water partition coefficient (Wildman–Crippen LogP) is 7.40. The van der Waals surface area contributed by atoms with Crippen LogP contribution in [-0.4, -0.2) is 42.3 Å². The molecule has 6 rings (SSSR count). The fraction of sp³-hybridized carbons (Fsp3) is 0.316. The van der Waals surface area contributed by atoms with Gasteiger partial charge in [0.05, 0.1) is 18.8 Å². The standard InChI is InChI=1S/C38H41N3O5S/c1-26(2)31-21-29(33(44-24-27-9-5-3-6-10-27)22-34(31)45-25-28-11-7-4-8-12-28)13-15-32-36(37(38(39)42)40-46-32)35-16-14-30(47-35)23-41-17-19-43-20-18-41/h3-12,14,16,21-22,26H,13,15,17-20,23-25H2,1-2H3,(H2,39,42). The molecule has 1 aliphatic rings. The molecule has 2 aromatic heterocycles. The second-order valence-corrected chi connectivity index (χ2v) is 13.2. The summed E-state index contributed by atoms with van der Waals surface area (Å²) in [7, 11) is 0. The van der Waals surface area contributed by atoms with Gasteiger partial charge in [0.1, 0.15) is 30.5 Å². The molecule has 3 heterocycles. The Balaban J connectivity index is 1.28. The molecule has 3 aromatic carbocycles. The SMILES string of the molecule is CC(C)c1cc(CCc2onc(C(N)=O)c2-c2ccc(CN3CCOCC3)s2)c(OCc2ccccc2)cc1OCc1ccccc1. The van der Waals surface area contributed by atoms with Crippen LogP contribution in [0.5, 0.6) is 11.5 Å². The number of primary amides is 1. The van der Waals surface area contributed by atoms with Crippen LogP contribution in [0.3, 0.4) is 0 Å². The van der Waals surface area contributed by atoms with Crippen LogP contribution in [0.25, 0.3) is 10.4 Å². The van der Waals surface area contributed by atoms with Crippen LogP contribution in [0.15, 0.2) is 89.5 Å². The number of carbonyl (C=O) groups excluding carboxylic acids is 1. The van der Waals surface area contributed by atoms with E-state index in [4.69, 9.17) is 24.5 Å². The van der Waals surface area contributed by atoms with Crippen LogP contribution in [0.2, 0.25) is 0 Å². The number of amides is 1. The van der Waals surface area contributed by atoms with Crippen molar-refractivity contribution in [2.24, 2.45) is 5.73 Å². The minimum Gasteiger partial charge on any atom is -0.488 e. The molecule has 244 valence electrons. The maximum absolute atomic E-state index is 12.4. The lowest BCUT2D eigenvalue weighted by Gasteiger charge is -2.25. The van der Waals surface area contributed by atoms with E-state index in [1.807, 2.05) is 48.5 Å². The van der Waals surface area contributed by atoms with E-state index < -0.39 is 5.91 Å². The molecule has 5 aromatic rings. The monoisotopic (exact) mass is 651 g/mol. The maximum atomic E-state index is 12.4. The lowest BCUT2D eigenvalue weighted by molar-refractivity contribution is 0.0346. The molecule has 0 spiro atoms. The van der Waals surface area contributed by atoms with Gasteiger partial charge < -0.3 is 24.5 Å². The van der Waals surface area contributed by atoms with Crippen LogP contribution >= 0.6 is 11.3 Å². The molecule has 0 radical (unpaired) electrons. The number of morpholine rings is 1. The van der Waals surface area contributed by atoms with Gasteiger partial charge in [-0.1, -0.05) is 79.7 Å². The van der Waals surface area contributed by atoms with Gasteiger partial charge in [-0.15, -0.1) is 11.3 Å². The maximum Gasteiger partial charge on any atom is 0.271 e. The van der Waals surface area contributed by atoms with Crippen molar-refractivity contribution < 1.29 is 23.5 Å². The number of thiophene rings is 1. The van der Waals surface area contributed by atoms with E-state index in [2.05, 4.69) is 60.3 Å². The van der Waals surface area contributed by atoms with E-state index in [1.54, 1.807) is 11.3 Å². The number of ether oxygens (including phenoxy) is 3. The number of nitrogens with zero attached hydrogens (tertiary/aromatic N) is 2. The van der Waals surface area contributed by atoms with Crippen molar-refractivity contribution in [2.75, 3.05) is 26.3 Å². The number of carbonyl (C=O) groups is 1. The number of rotatable bonds is 14. The first kappa shape index (κ1) is 32.5. The molecule has 1 amide bonds.